The molecule has 0 saturated heterocycles. The number of hydrogen-bond donors (Lipinski definition) is 1. The molecule has 2 rings (SSSR count). The Morgan fingerprint density at radius 3 is 2.78 bits per heavy atom. The van der Waals surface area contributed by atoms with Crippen molar-refractivity contribution in [2.45, 2.75) is 6.92 Å². The molecule has 0 unspecified atom stereocenters. The second kappa shape index (κ2) is 7.32. The van der Waals surface area contributed by atoms with Crippen molar-refractivity contribution in [3.63, 3.8) is 0 Å². The van der Waals surface area contributed by atoms with Crippen molar-refractivity contribution in [1.82, 2.24) is 4.98 Å². The number of nitro groups is 1. The predicted octanol–water partition coefficient (Wildman–Crippen LogP) is 2.68. The normalized spacial score (nSPS) is 10.2. The summed E-state index contributed by atoms with van der Waals surface area (Å²) in [5.74, 6) is 0.924. The van der Waals surface area contributed by atoms with Crippen LogP contribution >= 0.6 is 0 Å². The molecule has 0 radical (unpaired) electrons. The highest BCUT2D eigenvalue weighted by molar-refractivity contribution is 5.90. The highest BCUT2D eigenvalue weighted by Gasteiger charge is 2.10. The smallest absolute Gasteiger partial charge is 0.269 e. The molecule has 0 aliphatic heterocycles. The number of nitro benzene ring substituents is 1. The molecule has 0 saturated carbocycles. The molecule has 1 amide bonds. The Hall–Kier alpha value is -3.00. The summed E-state index contributed by atoms with van der Waals surface area (Å²) in [7, 11) is 1.42. The average Bonchev–Trinajstić information content (AvgIpc) is 2.49. The summed E-state index contributed by atoms with van der Waals surface area (Å²) in [4.78, 5) is 25.7. The number of aromatic nitrogens is 1. The van der Waals surface area contributed by atoms with Crippen LogP contribution in [0.15, 0.2) is 36.5 Å². The number of aryl methyl sites for hydroxylation is 1. The summed E-state index contributed by atoms with van der Waals surface area (Å²) < 4.78 is 10.4. The minimum atomic E-state index is -0.466. The van der Waals surface area contributed by atoms with Gasteiger partial charge < -0.3 is 14.8 Å². The fraction of sp³-hybridized carbons (Fsp3) is 0.200. The third-order valence-corrected chi connectivity index (χ3v) is 2.87. The second-order valence-electron chi connectivity index (χ2n) is 4.67. The van der Waals surface area contributed by atoms with Gasteiger partial charge in [0, 0.05) is 31.5 Å². The fourth-order valence-electron chi connectivity index (χ4n) is 1.84. The quantitative estimate of drug-likeness (QED) is 0.649. The number of hydrogen-bond acceptors (Lipinski definition) is 6. The summed E-state index contributed by atoms with van der Waals surface area (Å²) in [5, 5.41) is 13.3. The number of non-ortho nitro benzene ring substituents is 1. The van der Waals surface area contributed by atoms with Crippen molar-refractivity contribution in [2.75, 3.05) is 19.0 Å². The molecule has 1 N–H and O–H groups in total. The van der Waals surface area contributed by atoms with Gasteiger partial charge in [-0.05, 0) is 24.6 Å². The van der Waals surface area contributed by atoms with E-state index in [-0.39, 0.29) is 18.2 Å². The van der Waals surface area contributed by atoms with Gasteiger partial charge in [-0.1, -0.05) is 0 Å². The van der Waals surface area contributed by atoms with E-state index < -0.39 is 4.92 Å². The minimum Gasteiger partial charge on any atom is -0.457 e. The standard InChI is InChI=1S/C15H15N3O5/c1-10-7-11(18(20)21)3-4-13(10)23-12-5-6-16-14(8-12)17-15(19)9-22-2/h3-8H,9H2,1-2H3,(H,16,17,19). The van der Waals surface area contributed by atoms with Gasteiger partial charge in [0.25, 0.3) is 11.6 Å². The van der Waals surface area contributed by atoms with Crippen LogP contribution in [-0.4, -0.2) is 29.5 Å². The van der Waals surface area contributed by atoms with Gasteiger partial charge >= 0.3 is 0 Å². The Balaban J connectivity index is 2.14. The van der Waals surface area contributed by atoms with Crippen LogP contribution in [0.3, 0.4) is 0 Å². The van der Waals surface area contributed by atoms with E-state index >= 15 is 0 Å². The number of methoxy groups -OCH3 is 1. The molecule has 2 aromatic rings. The number of carbonyl (C=O) groups is 1. The Bertz CT molecular complexity index is 733. The number of ether oxygens (including phenoxy) is 2. The maximum absolute atomic E-state index is 11.5. The molecular formula is C15H15N3O5. The van der Waals surface area contributed by atoms with Crippen LogP contribution in [0.1, 0.15) is 5.56 Å². The highest BCUT2D eigenvalue weighted by atomic mass is 16.6. The van der Waals surface area contributed by atoms with Gasteiger partial charge in [0.2, 0.25) is 0 Å². The van der Waals surface area contributed by atoms with Crippen LogP contribution in [0.4, 0.5) is 11.5 Å². The van der Waals surface area contributed by atoms with Crippen LogP contribution in [-0.2, 0) is 9.53 Å². The SMILES string of the molecule is COCC(=O)Nc1cc(Oc2ccc([N+](=O)[O-])cc2C)ccn1. The third-order valence-electron chi connectivity index (χ3n) is 2.87. The van der Waals surface area contributed by atoms with Crippen molar-refractivity contribution < 1.29 is 19.2 Å². The summed E-state index contributed by atoms with van der Waals surface area (Å²) in [6.45, 7) is 1.64. The molecule has 1 aromatic carbocycles. The number of amides is 1. The van der Waals surface area contributed by atoms with Gasteiger partial charge in [0.05, 0.1) is 4.92 Å². The molecule has 8 heteroatoms. The molecule has 120 valence electrons. The van der Waals surface area contributed by atoms with E-state index in [2.05, 4.69) is 10.3 Å². The highest BCUT2D eigenvalue weighted by Crippen LogP contribution is 2.28. The molecular weight excluding hydrogens is 302 g/mol. The third kappa shape index (κ3) is 4.48. The molecule has 0 aliphatic rings. The van der Waals surface area contributed by atoms with Crippen molar-refractivity contribution in [2.24, 2.45) is 0 Å². The summed E-state index contributed by atoms with van der Waals surface area (Å²) in [5.41, 5.74) is 0.623. The fourth-order valence-corrected chi connectivity index (χ4v) is 1.84. The lowest BCUT2D eigenvalue weighted by atomic mass is 10.2. The average molecular weight is 317 g/mol. The molecule has 0 fully saturated rings. The van der Waals surface area contributed by atoms with Crippen molar-refractivity contribution in [3.05, 3.63) is 52.2 Å². The van der Waals surface area contributed by atoms with Crippen molar-refractivity contribution >= 4 is 17.4 Å². The van der Waals surface area contributed by atoms with Crippen LogP contribution in [0.25, 0.3) is 0 Å². The van der Waals surface area contributed by atoms with Gasteiger partial charge in [-0.2, -0.15) is 0 Å². The number of nitrogens with zero attached hydrogens (tertiary/aromatic N) is 2. The predicted molar refractivity (Wildman–Crippen MR) is 82.7 cm³/mol. The maximum atomic E-state index is 11.5. The summed E-state index contributed by atoms with van der Waals surface area (Å²) >= 11 is 0. The minimum absolute atomic E-state index is 0.00269. The number of pyridine rings is 1. The molecule has 8 nitrogen and oxygen atoms in total. The molecule has 0 spiro atoms. The van der Waals surface area contributed by atoms with E-state index in [9.17, 15) is 14.9 Å². The van der Waals surface area contributed by atoms with Crippen LogP contribution in [0.5, 0.6) is 11.5 Å². The van der Waals surface area contributed by atoms with Gasteiger partial charge in [-0.15, -0.1) is 0 Å². The van der Waals surface area contributed by atoms with Crippen molar-refractivity contribution in [3.8, 4) is 11.5 Å². The number of benzene rings is 1. The van der Waals surface area contributed by atoms with Crippen LogP contribution in [0.2, 0.25) is 0 Å². The van der Waals surface area contributed by atoms with E-state index in [4.69, 9.17) is 9.47 Å². The first-order chi connectivity index (χ1) is 11.0. The van der Waals surface area contributed by atoms with Gasteiger partial charge in [0.1, 0.15) is 23.9 Å². The largest absolute Gasteiger partial charge is 0.457 e. The zero-order chi connectivity index (χ0) is 16.8. The first-order valence-electron chi connectivity index (χ1n) is 6.67. The van der Waals surface area contributed by atoms with E-state index in [0.717, 1.165) is 0 Å². The van der Waals surface area contributed by atoms with Crippen LogP contribution in [0, 0.1) is 17.0 Å². The summed E-state index contributed by atoms with van der Waals surface area (Å²) in [6, 6.07) is 7.49. The number of anilines is 1. The van der Waals surface area contributed by atoms with E-state index in [0.29, 0.717) is 22.9 Å². The Kier molecular flexibility index (Phi) is 5.21. The summed E-state index contributed by atoms with van der Waals surface area (Å²) in [6.07, 6.45) is 1.48. The zero-order valence-corrected chi connectivity index (χ0v) is 12.6. The second-order valence-corrected chi connectivity index (χ2v) is 4.67. The zero-order valence-electron chi connectivity index (χ0n) is 12.6. The van der Waals surface area contributed by atoms with Gasteiger partial charge in [-0.3, -0.25) is 14.9 Å². The molecule has 0 aliphatic carbocycles. The topological polar surface area (TPSA) is 104 Å². The number of nitrogens with one attached hydrogen (secondary N) is 1. The molecule has 1 heterocycles. The molecule has 23 heavy (non-hydrogen) atoms. The van der Waals surface area contributed by atoms with Gasteiger partial charge in [0.15, 0.2) is 0 Å². The first-order valence-corrected chi connectivity index (χ1v) is 6.67. The number of rotatable bonds is 6. The lowest BCUT2D eigenvalue weighted by molar-refractivity contribution is -0.384. The maximum Gasteiger partial charge on any atom is 0.269 e. The van der Waals surface area contributed by atoms with Crippen LogP contribution < -0.4 is 10.1 Å². The monoisotopic (exact) mass is 317 g/mol. The van der Waals surface area contributed by atoms with Gasteiger partial charge in [-0.25, -0.2) is 4.98 Å². The molecule has 1 aromatic heterocycles. The number of carbonyl (C=O) groups excluding carboxylic acids is 1. The lowest BCUT2D eigenvalue weighted by Gasteiger charge is -2.10. The first kappa shape index (κ1) is 16.4. The van der Waals surface area contributed by atoms with Crippen molar-refractivity contribution in [1.29, 1.82) is 0 Å². The Morgan fingerprint density at radius 1 is 1.35 bits per heavy atom. The van der Waals surface area contributed by atoms with E-state index in [1.807, 2.05) is 0 Å². The van der Waals surface area contributed by atoms with E-state index in [1.165, 1.54) is 31.5 Å². The lowest BCUT2D eigenvalue weighted by Crippen LogP contribution is -2.17. The Morgan fingerprint density at radius 2 is 2.13 bits per heavy atom. The Labute approximate surface area is 132 Å². The molecule has 0 atom stereocenters. The molecule has 0 bridgehead atoms. The van der Waals surface area contributed by atoms with E-state index in [1.54, 1.807) is 19.1 Å².